The topological polar surface area (TPSA) is 112 Å². The number of ether oxygens (including phenoxy) is 4. The summed E-state index contributed by atoms with van der Waals surface area (Å²) in [5, 5.41) is 2.78. The fourth-order valence-corrected chi connectivity index (χ4v) is 4.84. The number of methoxy groups -OCH3 is 2. The van der Waals surface area contributed by atoms with Crippen LogP contribution >= 0.6 is 0 Å². The molecule has 0 aromatic heterocycles. The van der Waals surface area contributed by atoms with Gasteiger partial charge in [-0.2, -0.15) is 4.72 Å². The highest BCUT2D eigenvalue weighted by Crippen LogP contribution is 2.33. The second-order valence-corrected chi connectivity index (χ2v) is 9.44. The molecule has 1 aliphatic heterocycles. The molecule has 35 heavy (non-hydrogen) atoms. The van der Waals surface area contributed by atoms with Crippen molar-refractivity contribution >= 4 is 21.6 Å². The molecule has 184 valence electrons. The van der Waals surface area contributed by atoms with E-state index in [0.29, 0.717) is 36.1 Å². The second-order valence-electron chi connectivity index (χ2n) is 7.73. The summed E-state index contributed by atoms with van der Waals surface area (Å²) in [4.78, 5) is 13.2. The lowest BCUT2D eigenvalue weighted by atomic mass is 10.1. The van der Waals surface area contributed by atoms with Crippen LogP contribution in [0.25, 0.3) is 0 Å². The van der Waals surface area contributed by atoms with Gasteiger partial charge in [-0.1, -0.05) is 30.3 Å². The third-order valence-electron chi connectivity index (χ3n) is 5.37. The summed E-state index contributed by atoms with van der Waals surface area (Å²) in [6, 6.07) is 17.3. The van der Waals surface area contributed by atoms with E-state index in [1.165, 1.54) is 32.4 Å². The standard InChI is InChI=1S/C25H26N2O7S/c1-31-21-11-9-19(16-23(21)32-2)35(29,30)27-20(14-17-6-4-3-5-7-17)25(28)26-18-8-10-22-24(15-18)34-13-12-33-22/h3-11,15-16,20,27H,12-14H2,1-2H3,(H,26,28)/t20-/m0/s1. The fraction of sp³-hybridized carbons (Fsp3) is 0.240. The van der Waals surface area contributed by atoms with Crippen LogP contribution in [0.2, 0.25) is 0 Å². The van der Waals surface area contributed by atoms with Gasteiger partial charge in [0.1, 0.15) is 19.3 Å². The van der Waals surface area contributed by atoms with E-state index >= 15 is 0 Å². The molecule has 1 atom stereocenters. The zero-order valence-electron chi connectivity index (χ0n) is 19.3. The molecule has 0 unspecified atom stereocenters. The van der Waals surface area contributed by atoms with Crippen LogP contribution in [0.5, 0.6) is 23.0 Å². The Balaban J connectivity index is 1.59. The number of hydrogen-bond donors (Lipinski definition) is 2. The Bertz CT molecular complexity index is 1300. The Morgan fingerprint density at radius 3 is 2.34 bits per heavy atom. The molecule has 10 heteroatoms. The molecular weight excluding hydrogens is 472 g/mol. The van der Waals surface area contributed by atoms with Crippen molar-refractivity contribution in [1.82, 2.24) is 4.72 Å². The van der Waals surface area contributed by atoms with E-state index in [-0.39, 0.29) is 17.1 Å². The van der Waals surface area contributed by atoms with Crippen molar-refractivity contribution in [3.05, 3.63) is 72.3 Å². The number of rotatable bonds is 9. The first kappa shape index (κ1) is 24.4. The molecule has 1 heterocycles. The van der Waals surface area contributed by atoms with Crippen molar-refractivity contribution in [1.29, 1.82) is 0 Å². The third kappa shape index (κ3) is 5.84. The number of carbonyl (C=O) groups excluding carboxylic acids is 1. The lowest BCUT2D eigenvalue weighted by Gasteiger charge is -2.21. The molecule has 2 N–H and O–H groups in total. The number of sulfonamides is 1. The van der Waals surface area contributed by atoms with Crippen molar-refractivity contribution in [2.45, 2.75) is 17.4 Å². The number of hydrogen-bond acceptors (Lipinski definition) is 7. The van der Waals surface area contributed by atoms with Gasteiger partial charge in [-0.05, 0) is 36.2 Å². The Labute approximate surface area is 204 Å². The lowest BCUT2D eigenvalue weighted by molar-refractivity contribution is -0.117. The van der Waals surface area contributed by atoms with Crippen molar-refractivity contribution in [2.24, 2.45) is 0 Å². The van der Waals surface area contributed by atoms with Gasteiger partial charge < -0.3 is 24.3 Å². The van der Waals surface area contributed by atoms with Crippen LogP contribution in [0, 0.1) is 0 Å². The molecule has 1 amide bonds. The first-order valence-electron chi connectivity index (χ1n) is 10.9. The number of fused-ring (bicyclic) bond motifs is 1. The summed E-state index contributed by atoms with van der Waals surface area (Å²) < 4.78 is 50.5. The van der Waals surface area contributed by atoms with E-state index in [2.05, 4.69) is 10.0 Å². The zero-order valence-corrected chi connectivity index (χ0v) is 20.1. The summed E-state index contributed by atoms with van der Waals surface area (Å²) >= 11 is 0. The Morgan fingerprint density at radius 1 is 0.914 bits per heavy atom. The largest absolute Gasteiger partial charge is 0.493 e. The maximum Gasteiger partial charge on any atom is 0.242 e. The number of nitrogens with one attached hydrogen (secondary N) is 2. The van der Waals surface area contributed by atoms with E-state index in [1.807, 2.05) is 30.3 Å². The molecule has 3 aromatic carbocycles. The monoisotopic (exact) mass is 498 g/mol. The smallest absolute Gasteiger partial charge is 0.242 e. The maximum absolute atomic E-state index is 13.3. The second kappa shape index (κ2) is 10.7. The van der Waals surface area contributed by atoms with E-state index in [4.69, 9.17) is 18.9 Å². The van der Waals surface area contributed by atoms with Crippen molar-refractivity contribution in [3.8, 4) is 23.0 Å². The SMILES string of the molecule is COc1ccc(S(=O)(=O)N[C@@H](Cc2ccccc2)C(=O)Nc2ccc3c(c2)OCCO3)cc1OC. The molecular formula is C25H26N2O7S. The molecule has 0 fully saturated rings. The van der Waals surface area contributed by atoms with Gasteiger partial charge in [-0.15, -0.1) is 0 Å². The fourth-order valence-electron chi connectivity index (χ4n) is 3.63. The van der Waals surface area contributed by atoms with Crippen LogP contribution in [-0.4, -0.2) is 47.8 Å². The number of carbonyl (C=O) groups is 1. The van der Waals surface area contributed by atoms with Gasteiger partial charge in [0.05, 0.1) is 19.1 Å². The average Bonchev–Trinajstić information content (AvgIpc) is 2.88. The molecule has 0 radical (unpaired) electrons. The zero-order chi connectivity index (χ0) is 24.8. The van der Waals surface area contributed by atoms with E-state index in [0.717, 1.165) is 5.56 Å². The highest BCUT2D eigenvalue weighted by molar-refractivity contribution is 7.89. The highest BCUT2D eigenvalue weighted by atomic mass is 32.2. The minimum absolute atomic E-state index is 0.0552. The number of amides is 1. The number of anilines is 1. The van der Waals surface area contributed by atoms with Crippen LogP contribution in [0.15, 0.2) is 71.6 Å². The summed E-state index contributed by atoms with van der Waals surface area (Å²) in [6.45, 7) is 0.863. The van der Waals surface area contributed by atoms with Crippen molar-refractivity contribution in [2.75, 3.05) is 32.8 Å². The first-order valence-corrected chi connectivity index (χ1v) is 12.4. The highest BCUT2D eigenvalue weighted by Gasteiger charge is 2.27. The predicted octanol–water partition coefficient (Wildman–Crippen LogP) is 3.00. The molecule has 4 rings (SSSR count). The third-order valence-corrected chi connectivity index (χ3v) is 6.84. The summed E-state index contributed by atoms with van der Waals surface area (Å²) in [6.07, 6.45) is 0.143. The van der Waals surface area contributed by atoms with Gasteiger partial charge in [0.15, 0.2) is 23.0 Å². The van der Waals surface area contributed by atoms with Crippen LogP contribution in [0.4, 0.5) is 5.69 Å². The minimum atomic E-state index is -4.08. The minimum Gasteiger partial charge on any atom is -0.493 e. The van der Waals surface area contributed by atoms with Gasteiger partial charge in [0.25, 0.3) is 0 Å². The molecule has 0 saturated heterocycles. The van der Waals surface area contributed by atoms with Crippen LogP contribution in [-0.2, 0) is 21.2 Å². The number of benzene rings is 3. The van der Waals surface area contributed by atoms with Crippen molar-refractivity contribution in [3.63, 3.8) is 0 Å². The molecule has 0 spiro atoms. The maximum atomic E-state index is 13.3. The quantitative estimate of drug-likeness (QED) is 0.466. The van der Waals surface area contributed by atoms with E-state index in [1.54, 1.807) is 18.2 Å². The first-order chi connectivity index (χ1) is 16.9. The summed E-state index contributed by atoms with van der Waals surface area (Å²) in [5.41, 5.74) is 1.26. The normalized spacial score (nSPS) is 13.5. The molecule has 0 saturated carbocycles. The molecule has 1 aliphatic rings. The van der Waals surface area contributed by atoms with E-state index < -0.39 is 22.0 Å². The molecule has 9 nitrogen and oxygen atoms in total. The van der Waals surface area contributed by atoms with Crippen LogP contribution < -0.4 is 29.0 Å². The van der Waals surface area contributed by atoms with Gasteiger partial charge in [-0.3, -0.25) is 4.79 Å². The molecule has 0 aliphatic carbocycles. The van der Waals surface area contributed by atoms with Crippen molar-refractivity contribution < 1.29 is 32.2 Å². The van der Waals surface area contributed by atoms with Gasteiger partial charge in [-0.25, -0.2) is 8.42 Å². The van der Waals surface area contributed by atoms with Crippen LogP contribution in [0.1, 0.15) is 5.56 Å². The average molecular weight is 499 g/mol. The Morgan fingerprint density at radius 2 is 1.63 bits per heavy atom. The summed E-state index contributed by atoms with van der Waals surface area (Å²) in [5.74, 6) is 1.23. The summed E-state index contributed by atoms with van der Waals surface area (Å²) in [7, 11) is -1.20. The Kier molecular flexibility index (Phi) is 7.42. The van der Waals surface area contributed by atoms with Gasteiger partial charge in [0, 0.05) is 17.8 Å². The lowest BCUT2D eigenvalue weighted by Crippen LogP contribution is -2.45. The van der Waals surface area contributed by atoms with Gasteiger partial charge >= 0.3 is 0 Å². The molecule has 0 bridgehead atoms. The van der Waals surface area contributed by atoms with Gasteiger partial charge in [0.2, 0.25) is 15.9 Å². The Hall–Kier alpha value is -3.76. The molecule has 3 aromatic rings. The van der Waals surface area contributed by atoms with Crippen LogP contribution in [0.3, 0.4) is 0 Å². The predicted molar refractivity (Wildman–Crippen MR) is 130 cm³/mol. The van der Waals surface area contributed by atoms with E-state index in [9.17, 15) is 13.2 Å².